The van der Waals surface area contributed by atoms with E-state index in [1.807, 2.05) is 0 Å². The summed E-state index contributed by atoms with van der Waals surface area (Å²) < 4.78 is 0. The van der Waals surface area contributed by atoms with E-state index in [1.165, 1.54) is 12.0 Å². The van der Waals surface area contributed by atoms with Gasteiger partial charge in [-0.15, -0.1) is 0 Å². The molecule has 0 bridgehead atoms. The molecular weight excluding hydrogens is 120 g/mol. The first-order valence-corrected chi connectivity index (χ1v) is 4.25. The van der Waals surface area contributed by atoms with Crippen LogP contribution in [0, 0.1) is 11.8 Å². The molecule has 0 N–H and O–H groups in total. The normalized spacial score (nSPS) is 16.0. The van der Waals surface area contributed by atoms with E-state index < -0.39 is 0 Å². The van der Waals surface area contributed by atoms with E-state index in [9.17, 15) is 0 Å². The minimum absolute atomic E-state index is 0.736. The van der Waals surface area contributed by atoms with Gasteiger partial charge < -0.3 is 0 Å². The van der Waals surface area contributed by atoms with Crippen molar-refractivity contribution in [2.75, 3.05) is 0 Å². The van der Waals surface area contributed by atoms with Gasteiger partial charge in [0.05, 0.1) is 0 Å². The van der Waals surface area contributed by atoms with Crippen LogP contribution in [0.2, 0.25) is 0 Å². The second-order valence-electron chi connectivity index (χ2n) is 3.47. The van der Waals surface area contributed by atoms with Gasteiger partial charge in [-0.2, -0.15) is 0 Å². The summed E-state index contributed by atoms with van der Waals surface area (Å²) in [6.07, 6.45) is 3.57. The lowest BCUT2D eigenvalue weighted by molar-refractivity contribution is 0.501. The van der Waals surface area contributed by atoms with Crippen LogP contribution in [0.1, 0.15) is 41.0 Å². The fraction of sp³-hybridized carbons (Fsp3) is 0.800. The highest BCUT2D eigenvalue weighted by Crippen LogP contribution is 2.14. The predicted octanol–water partition coefficient (Wildman–Crippen LogP) is 3.63. The summed E-state index contributed by atoms with van der Waals surface area (Å²) in [4.78, 5) is 0. The zero-order valence-electron chi connectivity index (χ0n) is 7.94. The molecule has 0 heterocycles. The summed E-state index contributed by atoms with van der Waals surface area (Å²) in [6, 6.07) is 0. The highest BCUT2D eigenvalue weighted by Gasteiger charge is 2.02. The molecule has 0 radical (unpaired) electrons. The Labute approximate surface area is 65.3 Å². The van der Waals surface area contributed by atoms with Crippen LogP contribution in [-0.2, 0) is 0 Å². The Morgan fingerprint density at radius 2 is 1.80 bits per heavy atom. The summed E-state index contributed by atoms with van der Waals surface area (Å²) in [6.45, 7) is 11.2. The number of allylic oxidation sites excluding steroid dienone is 2. The largest absolute Gasteiger partial charge is 0.0825 e. The van der Waals surface area contributed by atoms with Gasteiger partial charge in [0.15, 0.2) is 0 Å². The average Bonchev–Trinajstić information content (AvgIpc) is 1.87. The zero-order valence-corrected chi connectivity index (χ0v) is 7.94. The third kappa shape index (κ3) is 3.71. The third-order valence-electron chi connectivity index (χ3n) is 2.16. The maximum atomic E-state index is 2.38. The standard InChI is InChI=1S/C10H20/c1-6-9(4)7-10(5)8(2)3/h7-8,10H,6H2,1-5H3/b9-7-. The predicted molar refractivity (Wildman–Crippen MR) is 48.1 cm³/mol. The van der Waals surface area contributed by atoms with Crippen LogP contribution in [-0.4, -0.2) is 0 Å². The van der Waals surface area contributed by atoms with Crippen LogP contribution in [0.5, 0.6) is 0 Å². The number of hydrogen-bond acceptors (Lipinski definition) is 0. The Morgan fingerprint density at radius 3 is 2.10 bits per heavy atom. The number of rotatable bonds is 3. The van der Waals surface area contributed by atoms with E-state index in [0.29, 0.717) is 0 Å². The lowest BCUT2D eigenvalue weighted by Crippen LogP contribution is -2.00. The molecule has 1 atom stereocenters. The summed E-state index contributed by atoms with van der Waals surface area (Å²) in [5, 5.41) is 0. The van der Waals surface area contributed by atoms with Crippen LogP contribution in [0.15, 0.2) is 11.6 Å². The van der Waals surface area contributed by atoms with E-state index in [0.717, 1.165) is 11.8 Å². The first-order chi connectivity index (χ1) is 4.57. The Bertz CT molecular complexity index is 109. The van der Waals surface area contributed by atoms with Gasteiger partial charge in [0.1, 0.15) is 0 Å². The molecule has 10 heavy (non-hydrogen) atoms. The van der Waals surface area contributed by atoms with Gasteiger partial charge in [-0.1, -0.05) is 39.3 Å². The molecule has 0 heteroatoms. The molecule has 0 spiro atoms. The van der Waals surface area contributed by atoms with Crippen LogP contribution < -0.4 is 0 Å². The van der Waals surface area contributed by atoms with Crippen molar-refractivity contribution < 1.29 is 0 Å². The third-order valence-corrected chi connectivity index (χ3v) is 2.16. The second kappa shape index (κ2) is 4.54. The molecule has 60 valence electrons. The quantitative estimate of drug-likeness (QED) is 0.525. The summed E-state index contributed by atoms with van der Waals surface area (Å²) in [5.41, 5.74) is 1.52. The minimum atomic E-state index is 0.736. The maximum absolute atomic E-state index is 2.38. The molecule has 0 aliphatic heterocycles. The van der Waals surface area contributed by atoms with Gasteiger partial charge in [0.25, 0.3) is 0 Å². The van der Waals surface area contributed by atoms with Crippen LogP contribution in [0.25, 0.3) is 0 Å². The summed E-state index contributed by atoms with van der Waals surface area (Å²) >= 11 is 0. The van der Waals surface area contributed by atoms with Crippen molar-refractivity contribution in [2.24, 2.45) is 11.8 Å². The zero-order chi connectivity index (χ0) is 8.15. The van der Waals surface area contributed by atoms with E-state index in [2.05, 4.69) is 40.7 Å². The first-order valence-electron chi connectivity index (χ1n) is 4.25. The first kappa shape index (κ1) is 9.74. The van der Waals surface area contributed by atoms with Gasteiger partial charge in [-0.3, -0.25) is 0 Å². The van der Waals surface area contributed by atoms with Crippen LogP contribution in [0.3, 0.4) is 0 Å². The second-order valence-corrected chi connectivity index (χ2v) is 3.47. The SMILES string of the molecule is CC/C(C)=C\C(C)C(C)C. The maximum Gasteiger partial charge on any atom is -0.0236 e. The molecule has 0 fully saturated rings. The molecule has 0 amide bonds. The van der Waals surface area contributed by atoms with Crippen LogP contribution in [0.4, 0.5) is 0 Å². The minimum Gasteiger partial charge on any atom is -0.0825 e. The van der Waals surface area contributed by atoms with Crippen molar-refractivity contribution in [3.63, 3.8) is 0 Å². The average molecular weight is 140 g/mol. The van der Waals surface area contributed by atoms with Crippen molar-refractivity contribution in [2.45, 2.75) is 41.0 Å². The van der Waals surface area contributed by atoms with Gasteiger partial charge in [-0.25, -0.2) is 0 Å². The van der Waals surface area contributed by atoms with Crippen LogP contribution >= 0.6 is 0 Å². The molecule has 0 aliphatic rings. The Morgan fingerprint density at radius 1 is 1.30 bits per heavy atom. The van der Waals surface area contributed by atoms with E-state index >= 15 is 0 Å². The van der Waals surface area contributed by atoms with E-state index in [1.54, 1.807) is 0 Å². The van der Waals surface area contributed by atoms with Crippen molar-refractivity contribution >= 4 is 0 Å². The highest BCUT2D eigenvalue weighted by molar-refractivity contribution is 4.99. The lowest BCUT2D eigenvalue weighted by Gasteiger charge is -2.11. The molecule has 0 aliphatic carbocycles. The van der Waals surface area contributed by atoms with Gasteiger partial charge in [0, 0.05) is 0 Å². The van der Waals surface area contributed by atoms with E-state index in [4.69, 9.17) is 0 Å². The Hall–Kier alpha value is -0.260. The fourth-order valence-corrected chi connectivity index (χ4v) is 0.759. The smallest absolute Gasteiger partial charge is 0.0236 e. The molecule has 0 rings (SSSR count). The van der Waals surface area contributed by atoms with Crippen molar-refractivity contribution in [1.29, 1.82) is 0 Å². The highest BCUT2D eigenvalue weighted by atomic mass is 14.1. The molecule has 0 aromatic rings. The summed E-state index contributed by atoms with van der Waals surface area (Å²) in [5.74, 6) is 1.52. The number of hydrogen-bond donors (Lipinski definition) is 0. The van der Waals surface area contributed by atoms with Crippen molar-refractivity contribution in [3.8, 4) is 0 Å². The van der Waals surface area contributed by atoms with E-state index in [-0.39, 0.29) is 0 Å². The lowest BCUT2D eigenvalue weighted by atomic mass is 9.95. The molecule has 0 aromatic heterocycles. The van der Waals surface area contributed by atoms with Gasteiger partial charge in [-0.05, 0) is 25.2 Å². The Balaban J connectivity index is 3.86. The van der Waals surface area contributed by atoms with Crippen molar-refractivity contribution in [1.82, 2.24) is 0 Å². The van der Waals surface area contributed by atoms with Gasteiger partial charge >= 0.3 is 0 Å². The monoisotopic (exact) mass is 140 g/mol. The molecule has 0 saturated carbocycles. The topological polar surface area (TPSA) is 0 Å². The Kier molecular flexibility index (Phi) is 4.42. The molecular formula is C10H20. The molecule has 1 unspecified atom stereocenters. The van der Waals surface area contributed by atoms with Crippen molar-refractivity contribution in [3.05, 3.63) is 11.6 Å². The molecule has 0 saturated heterocycles. The fourth-order valence-electron chi connectivity index (χ4n) is 0.759. The summed E-state index contributed by atoms with van der Waals surface area (Å²) in [7, 11) is 0. The van der Waals surface area contributed by atoms with Gasteiger partial charge in [0.2, 0.25) is 0 Å². The molecule has 0 nitrogen and oxygen atoms in total. The molecule has 0 aromatic carbocycles.